The van der Waals surface area contributed by atoms with Crippen molar-refractivity contribution in [2.45, 2.75) is 13.3 Å². The van der Waals surface area contributed by atoms with Gasteiger partial charge in [0.1, 0.15) is 0 Å². The molecule has 0 saturated heterocycles. The lowest BCUT2D eigenvalue weighted by molar-refractivity contribution is -0.115. The van der Waals surface area contributed by atoms with Crippen LogP contribution >= 0.6 is 0 Å². The molecule has 0 aliphatic rings. The summed E-state index contributed by atoms with van der Waals surface area (Å²) in [4.78, 5) is 24.1. The summed E-state index contributed by atoms with van der Waals surface area (Å²) in [6.45, 7) is 2.04. The number of hydrogen-bond donors (Lipinski definition) is 1. The van der Waals surface area contributed by atoms with Gasteiger partial charge in [-0.2, -0.15) is 5.10 Å². The molecule has 8 nitrogen and oxygen atoms in total. The average molecular weight is 409 g/mol. The fourth-order valence-electron chi connectivity index (χ4n) is 2.86. The normalized spacial score (nSPS) is 10.4. The van der Waals surface area contributed by atoms with Crippen LogP contribution in [0.4, 0.5) is 5.69 Å². The largest absolute Gasteiger partial charge is 0.493 e. The minimum absolute atomic E-state index is 0.154. The smallest absolute Gasteiger partial charge is 0.358 e. The lowest BCUT2D eigenvalue weighted by atomic mass is 10.1. The van der Waals surface area contributed by atoms with Crippen molar-refractivity contribution in [3.63, 3.8) is 0 Å². The first-order valence-corrected chi connectivity index (χ1v) is 9.38. The molecule has 30 heavy (non-hydrogen) atoms. The highest BCUT2D eigenvalue weighted by molar-refractivity contribution is 5.92. The molecule has 0 saturated carbocycles. The Kier molecular flexibility index (Phi) is 6.69. The summed E-state index contributed by atoms with van der Waals surface area (Å²) >= 11 is 0. The number of carbonyl (C=O) groups excluding carboxylic acids is 2. The second kappa shape index (κ2) is 9.60. The number of carbonyl (C=O) groups is 2. The number of benzene rings is 2. The Morgan fingerprint density at radius 2 is 1.73 bits per heavy atom. The van der Waals surface area contributed by atoms with Crippen LogP contribution in [-0.4, -0.2) is 42.5 Å². The van der Waals surface area contributed by atoms with Gasteiger partial charge in [0.15, 0.2) is 17.2 Å². The minimum Gasteiger partial charge on any atom is -0.493 e. The van der Waals surface area contributed by atoms with Crippen LogP contribution in [0.2, 0.25) is 0 Å². The Morgan fingerprint density at radius 3 is 2.40 bits per heavy atom. The third-order valence-electron chi connectivity index (χ3n) is 4.30. The molecular weight excluding hydrogens is 386 g/mol. The van der Waals surface area contributed by atoms with Crippen LogP contribution in [0.5, 0.6) is 11.5 Å². The first-order chi connectivity index (χ1) is 14.5. The van der Waals surface area contributed by atoms with Crippen molar-refractivity contribution in [1.82, 2.24) is 9.78 Å². The van der Waals surface area contributed by atoms with Gasteiger partial charge in [0.05, 0.1) is 32.9 Å². The van der Waals surface area contributed by atoms with Crippen LogP contribution in [-0.2, 0) is 16.0 Å². The van der Waals surface area contributed by atoms with E-state index in [-0.39, 0.29) is 18.0 Å². The maximum atomic E-state index is 12.4. The fraction of sp³-hybridized carbons (Fsp3) is 0.227. The number of nitrogens with one attached hydrogen (secondary N) is 1. The molecule has 0 radical (unpaired) electrons. The molecule has 3 aromatic rings. The third-order valence-corrected chi connectivity index (χ3v) is 4.30. The number of hydrogen-bond acceptors (Lipinski definition) is 6. The van der Waals surface area contributed by atoms with Crippen molar-refractivity contribution in [2.24, 2.45) is 0 Å². The molecule has 0 aliphatic heterocycles. The van der Waals surface area contributed by atoms with Gasteiger partial charge < -0.3 is 19.5 Å². The molecule has 1 amide bonds. The molecule has 3 rings (SSSR count). The van der Waals surface area contributed by atoms with Gasteiger partial charge in [-0.25, -0.2) is 9.48 Å². The van der Waals surface area contributed by atoms with Gasteiger partial charge >= 0.3 is 5.97 Å². The zero-order chi connectivity index (χ0) is 21.5. The summed E-state index contributed by atoms with van der Waals surface area (Å²) < 4.78 is 17.0. The van der Waals surface area contributed by atoms with Crippen LogP contribution in [0, 0.1) is 0 Å². The zero-order valence-electron chi connectivity index (χ0n) is 17.0. The molecule has 2 aromatic carbocycles. The highest BCUT2D eigenvalue weighted by atomic mass is 16.5. The second-order valence-corrected chi connectivity index (χ2v) is 6.33. The zero-order valence-corrected chi connectivity index (χ0v) is 17.0. The van der Waals surface area contributed by atoms with Crippen molar-refractivity contribution >= 4 is 17.6 Å². The van der Waals surface area contributed by atoms with E-state index in [2.05, 4.69) is 10.4 Å². The summed E-state index contributed by atoms with van der Waals surface area (Å²) in [5.74, 6) is 0.574. The van der Waals surface area contributed by atoms with Crippen LogP contribution < -0.4 is 14.8 Å². The number of methoxy groups -OCH3 is 2. The molecule has 0 atom stereocenters. The number of aromatic nitrogens is 2. The topological polar surface area (TPSA) is 91.7 Å². The Bertz CT molecular complexity index is 1030. The highest BCUT2D eigenvalue weighted by Crippen LogP contribution is 2.27. The first-order valence-electron chi connectivity index (χ1n) is 9.38. The summed E-state index contributed by atoms with van der Waals surface area (Å²) in [6.07, 6.45) is 1.88. The predicted octanol–water partition coefficient (Wildman–Crippen LogP) is 3.25. The Balaban J connectivity index is 1.63. The van der Waals surface area contributed by atoms with E-state index in [0.717, 1.165) is 11.3 Å². The summed E-state index contributed by atoms with van der Waals surface area (Å²) in [5.41, 5.74) is 2.46. The van der Waals surface area contributed by atoms with Crippen molar-refractivity contribution in [3.8, 4) is 17.2 Å². The van der Waals surface area contributed by atoms with Gasteiger partial charge in [-0.15, -0.1) is 0 Å². The maximum Gasteiger partial charge on any atom is 0.358 e. The summed E-state index contributed by atoms with van der Waals surface area (Å²) in [5, 5.41) is 7.07. The summed E-state index contributed by atoms with van der Waals surface area (Å²) in [6, 6.07) is 14.1. The molecule has 1 aromatic heterocycles. The molecule has 0 unspecified atom stereocenters. The third kappa shape index (κ3) is 4.96. The molecule has 0 spiro atoms. The van der Waals surface area contributed by atoms with Crippen molar-refractivity contribution in [1.29, 1.82) is 0 Å². The SMILES string of the molecule is CCOC(=O)c1ccn(-c2ccc(NC(=O)Cc3ccc(OC)c(OC)c3)cc2)n1. The van der Waals surface area contributed by atoms with E-state index in [9.17, 15) is 9.59 Å². The van der Waals surface area contributed by atoms with Crippen LogP contribution in [0.25, 0.3) is 5.69 Å². The number of esters is 1. The number of amides is 1. The molecule has 1 heterocycles. The van der Waals surface area contributed by atoms with E-state index in [4.69, 9.17) is 14.2 Å². The second-order valence-electron chi connectivity index (χ2n) is 6.33. The van der Waals surface area contributed by atoms with Crippen LogP contribution in [0.15, 0.2) is 54.7 Å². The number of anilines is 1. The lowest BCUT2D eigenvalue weighted by Gasteiger charge is -2.10. The Labute approximate surface area is 174 Å². The van der Waals surface area contributed by atoms with Gasteiger partial charge in [0.2, 0.25) is 5.91 Å². The Hall–Kier alpha value is -3.81. The van der Waals surface area contributed by atoms with Gasteiger partial charge in [0, 0.05) is 11.9 Å². The lowest BCUT2D eigenvalue weighted by Crippen LogP contribution is -2.14. The van der Waals surface area contributed by atoms with E-state index in [1.165, 1.54) is 0 Å². The van der Waals surface area contributed by atoms with Crippen molar-refractivity contribution in [2.75, 3.05) is 26.1 Å². The molecule has 0 bridgehead atoms. The monoisotopic (exact) mass is 409 g/mol. The number of rotatable bonds is 8. The van der Waals surface area contributed by atoms with Gasteiger partial charge in [-0.3, -0.25) is 4.79 Å². The number of nitrogens with zero attached hydrogens (tertiary/aromatic N) is 2. The Morgan fingerprint density at radius 1 is 1.00 bits per heavy atom. The fourth-order valence-corrected chi connectivity index (χ4v) is 2.86. The maximum absolute atomic E-state index is 12.4. The molecule has 0 aliphatic carbocycles. The van der Waals surface area contributed by atoms with Gasteiger partial charge in [-0.05, 0) is 55.0 Å². The number of ether oxygens (including phenoxy) is 3. The standard InChI is InChI=1S/C22H23N3O5/c1-4-30-22(27)18-11-12-25(24-18)17-8-6-16(7-9-17)23-21(26)14-15-5-10-19(28-2)20(13-15)29-3/h5-13H,4,14H2,1-3H3,(H,23,26). The van der Waals surface area contributed by atoms with E-state index < -0.39 is 5.97 Å². The minimum atomic E-state index is -0.463. The van der Waals surface area contributed by atoms with Gasteiger partial charge in [-0.1, -0.05) is 6.07 Å². The quantitative estimate of drug-likeness (QED) is 0.574. The van der Waals surface area contributed by atoms with Crippen molar-refractivity contribution in [3.05, 3.63) is 66.0 Å². The predicted molar refractivity (Wildman–Crippen MR) is 111 cm³/mol. The molecule has 0 fully saturated rings. The molecule has 1 N–H and O–H groups in total. The van der Waals surface area contributed by atoms with Crippen LogP contribution in [0.1, 0.15) is 23.0 Å². The molecule has 8 heteroatoms. The van der Waals surface area contributed by atoms with E-state index >= 15 is 0 Å². The van der Waals surface area contributed by atoms with Crippen LogP contribution in [0.3, 0.4) is 0 Å². The van der Waals surface area contributed by atoms with Gasteiger partial charge in [0.25, 0.3) is 0 Å². The van der Waals surface area contributed by atoms with Crippen molar-refractivity contribution < 1.29 is 23.8 Å². The summed E-state index contributed by atoms with van der Waals surface area (Å²) in [7, 11) is 3.12. The van der Waals surface area contributed by atoms with E-state index in [0.29, 0.717) is 23.8 Å². The van der Waals surface area contributed by atoms with E-state index in [1.54, 1.807) is 74.5 Å². The first kappa shape index (κ1) is 20.9. The molecule has 156 valence electrons. The van der Waals surface area contributed by atoms with E-state index in [1.807, 2.05) is 6.07 Å². The highest BCUT2D eigenvalue weighted by Gasteiger charge is 2.12. The molecular formula is C22H23N3O5. The average Bonchev–Trinajstić information content (AvgIpc) is 3.24.